The predicted octanol–water partition coefficient (Wildman–Crippen LogP) is 1.72. The molecule has 0 saturated carbocycles. The van der Waals surface area contributed by atoms with Gasteiger partial charge >= 0.3 is 0 Å². The summed E-state index contributed by atoms with van der Waals surface area (Å²) in [6.45, 7) is 7.84. The molecular weight excluding hydrogens is 188 g/mol. The molecule has 1 heterocycles. The topological polar surface area (TPSA) is 38.5 Å². The minimum absolute atomic E-state index is 0.823. The van der Waals surface area contributed by atoms with Crippen LogP contribution in [0.5, 0.6) is 0 Å². The first-order chi connectivity index (χ1) is 7.18. The lowest BCUT2D eigenvalue weighted by atomic mass is 10.1. The lowest BCUT2D eigenvalue weighted by Gasteiger charge is -2.31. The minimum Gasteiger partial charge on any atom is -0.399 e. The number of hydrogen-bond donors (Lipinski definition) is 1. The molecule has 1 aliphatic rings. The van der Waals surface area contributed by atoms with Gasteiger partial charge in [0.2, 0.25) is 0 Å². The van der Waals surface area contributed by atoms with Crippen LogP contribution in [0.1, 0.15) is 11.1 Å². The number of nitrogens with two attached hydrogens (primary N) is 1. The van der Waals surface area contributed by atoms with Crippen LogP contribution >= 0.6 is 0 Å². The molecule has 2 N–H and O–H groups in total. The summed E-state index contributed by atoms with van der Waals surface area (Å²) in [6, 6.07) is 4.08. The van der Waals surface area contributed by atoms with Gasteiger partial charge in [-0.3, -0.25) is 0 Å². The van der Waals surface area contributed by atoms with E-state index in [-0.39, 0.29) is 0 Å². The fourth-order valence-corrected chi connectivity index (χ4v) is 2.28. The molecule has 0 amide bonds. The zero-order chi connectivity index (χ0) is 10.8. The smallest absolute Gasteiger partial charge is 0.0642 e. The molecule has 0 atom stereocenters. The van der Waals surface area contributed by atoms with Crippen LogP contribution in [-0.2, 0) is 4.74 Å². The molecule has 1 aromatic carbocycles. The van der Waals surface area contributed by atoms with Crippen molar-refractivity contribution >= 4 is 11.4 Å². The van der Waals surface area contributed by atoms with E-state index in [1.165, 1.54) is 16.8 Å². The van der Waals surface area contributed by atoms with Crippen LogP contribution in [0.15, 0.2) is 12.1 Å². The molecule has 1 aliphatic heterocycles. The van der Waals surface area contributed by atoms with Crippen LogP contribution in [-0.4, -0.2) is 26.3 Å². The third-order valence-electron chi connectivity index (χ3n) is 2.84. The van der Waals surface area contributed by atoms with Crippen LogP contribution in [0.3, 0.4) is 0 Å². The molecule has 1 aromatic rings. The van der Waals surface area contributed by atoms with Crippen LogP contribution in [0, 0.1) is 13.8 Å². The fraction of sp³-hybridized carbons (Fsp3) is 0.500. The van der Waals surface area contributed by atoms with E-state index in [2.05, 4.69) is 18.7 Å². The zero-order valence-corrected chi connectivity index (χ0v) is 9.42. The molecule has 0 aromatic heterocycles. The Morgan fingerprint density at radius 3 is 2.20 bits per heavy atom. The van der Waals surface area contributed by atoms with E-state index in [1.807, 2.05) is 12.1 Å². The maximum atomic E-state index is 5.81. The summed E-state index contributed by atoms with van der Waals surface area (Å²) >= 11 is 0. The second-order valence-corrected chi connectivity index (χ2v) is 4.10. The van der Waals surface area contributed by atoms with Gasteiger partial charge in [0.05, 0.1) is 13.2 Å². The molecule has 1 saturated heterocycles. The van der Waals surface area contributed by atoms with Gasteiger partial charge < -0.3 is 15.4 Å². The van der Waals surface area contributed by atoms with Crippen molar-refractivity contribution in [3.8, 4) is 0 Å². The fourth-order valence-electron chi connectivity index (χ4n) is 2.28. The largest absolute Gasteiger partial charge is 0.399 e. The first-order valence-electron chi connectivity index (χ1n) is 5.38. The Morgan fingerprint density at radius 2 is 1.67 bits per heavy atom. The zero-order valence-electron chi connectivity index (χ0n) is 9.42. The SMILES string of the molecule is Cc1cc(N)cc(C)c1N1CCOCC1. The van der Waals surface area contributed by atoms with Crippen LogP contribution in [0.4, 0.5) is 11.4 Å². The van der Waals surface area contributed by atoms with Gasteiger partial charge in [-0.2, -0.15) is 0 Å². The first kappa shape index (κ1) is 10.3. The third-order valence-corrected chi connectivity index (χ3v) is 2.84. The number of anilines is 2. The van der Waals surface area contributed by atoms with Crippen molar-refractivity contribution in [1.29, 1.82) is 0 Å². The predicted molar refractivity (Wildman–Crippen MR) is 63.4 cm³/mol. The van der Waals surface area contributed by atoms with E-state index in [1.54, 1.807) is 0 Å². The van der Waals surface area contributed by atoms with Gasteiger partial charge in [0, 0.05) is 24.5 Å². The molecule has 0 aliphatic carbocycles. The van der Waals surface area contributed by atoms with E-state index >= 15 is 0 Å². The molecule has 0 radical (unpaired) electrons. The number of ether oxygens (including phenoxy) is 1. The standard InChI is InChI=1S/C12H18N2O/c1-9-7-11(13)8-10(2)12(9)14-3-5-15-6-4-14/h7-8H,3-6,13H2,1-2H3. The van der Waals surface area contributed by atoms with Gasteiger partial charge in [-0.25, -0.2) is 0 Å². The van der Waals surface area contributed by atoms with Gasteiger partial charge in [-0.15, -0.1) is 0 Å². The maximum absolute atomic E-state index is 5.81. The van der Waals surface area contributed by atoms with Crippen molar-refractivity contribution in [2.45, 2.75) is 13.8 Å². The highest BCUT2D eigenvalue weighted by Gasteiger charge is 2.15. The van der Waals surface area contributed by atoms with E-state index in [0.29, 0.717) is 0 Å². The number of nitrogen functional groups attached to an aromatic ring is 1. The summed E-state index contributed by atoms with van der Waals surface area (Å²) in [5.41, 5.74) is 10.5. The van der Waals surface area contributed by atoms with Crippen LogP contribution < -0.4 is 10.6 Å². The second-order valence-electron chi connectivity index (χ2n) is 4.10. The summed E-state index contributed by atoms with van der Waals surface area (Å²) in [5.74, 6) is 0. The summed E-state index contributed by atoms with van der Waals surface area (Å²) in [7, 11) is 0. The number of hydrogen-bond acceptors (Lipinski definition) is 3. The van der Waals surface area contributed by atoms with Crippen LogP contribution in [0.2, 0.25) is 0 Å². The Labute approximate surface area is 90.8 Å². The Balaban J connectivity index is 2.33. The van der Waals surface area contributed by atoms with E-state index < -0.39 is 0 Å². The summed E-state index contributed by atoms with van der Waals surface area (Å²) < 4.78 is 5.36. The number of aryl methyl sites for hydroxylation is 2. The van der Waals surface area contributed by atoms with Crippen molar-refractivity contribution in [2.24, 2.45) is 0 Å². The Bertz CT molecular complexity index is 334. The average Bonchev–Trinajstić information content (AvgIpc) is 2.17. The van der Waals surface area contributed by atoms with Gasteiger partial charge in [0.1, 0.15) is 0 Å². The number of rotatable bonds is 1. The Hall–Kier alpha value is -1.22. The van der Waals surface area contributed by atoms with Crippen molar-refractivity contribution in [3.63, 3.8) is 0 Å². The monoisotopic (exact) mass is 206 g/mol. The summed E-state index contributed by atoms with van der Waals surface area (Å²) in [5, 5.41) is 0. The van der Waals surface area contributed by atoms with Crippen molar-refractivity contribution in [1.82, 2.24) is 0 Å². The lowest BCUT2D eigenvalue weighted by molar-refractivity contribution is 0.122. The lowest BCUT2D eigenvalue weighted by Crippen LogP contribution is -2.37. The van der Waals surface area contributed by atoms with Crippen LogP contribution in [0.25, 0.3) is 0 Å². The van der Waals surface area contributed by atoms with Crippen molar-refractivity contribution in [3.05, 3.63) is 23.3 Å². The molecule has 3 heteroatoms. The molecule has 1 fully saturated rings. The molecule has 82 valence electrons. The van der Waals surface area contributed by atoms with Crippen molar-refractivity contribution in [2.75, 3.05) is 36.9 Å². The molecule has 0 spiro atoms. The van der Waals surface area contributed by atoms with E-state index in [9.17, 15) is 0 Å². The molecular formula is C12H18N2O. The van der Waals surface area contributed by atoms with Gasteiger partial charge in [0.25, 0.3) is 0 Å². The quantitative estimate of drug-likeness (QED) is 0.711. The highest BCUT2D eigenvalue weighted by atomic mass is 16.5. The Morgan fingerprint density at radius 1 is 1.13 bits per heavy atom. The molecule has 0 unspecified atom stereocenters. The second kappa shape index (κ2) is 4.11. The molecule has 2 rings (SSSR count). The van der Waals surface area contributed by atoms with Crippen molar-refractivity contribution < 1.29 is 4.74 Å². The number of morpholine rings is 1. The molecule has 0 bridgehead atoms. The maximum Gasteiger partial charge on any atom is 0.0642 e. The number of benzene rings is 1. The van der Waals surface area contributed by atoms with E-state index in [4.69, 9.17) is 10.5 Å². The minimum atomic E-state index is 0.823. The van der Waals surface area contributed by atoms with E-state index in [0.717, 1.165) is 32.0 Å². The average molecular weight is 206 g/mol. The third kappa shape index (κ3) is 2.07. The molecule has 3 nitrogen and oxygen atoms in total. The van der Waals surface area contributed by atoms with Gasteiger partial charge in [-0.1, -0.05) is 0 Å². The highest BCUT2D eigenvalue weighted by Crippen LogP contribution is 2.27. The first-order valence-corrected chi connectivity index (χ1v) is 5.38. The highest BCUT2D eigenvalue weighted by molar-refractivity contribution is 5.64. The molecule has 15 heavy (non-hydrogen) atoms. The number of nitrogens with zero attached hydrogens (tertiary/aromatic N) is 1. The summed E-state index contributed by atoms with van der Waals surface area (Å²) in [4.78, 5) is 2.38. The van der Waals surface area contributed by atoms with Gasteiger partial charge in [0.15, 0.2) is 0 Å². The Kier molecular flexibility index (Phi) is 2.82. The normalized spacial score (nSPS) is 16.8. The van der Waals surface area contributed by atoms with Gasteiger partial charge in [-0.05, 0) is 37.1 Å². The summed E-state index contributed by atoms with van der Waals surface area (Å²) in [6.07, 6.45) is 0.